The van der Waals surface area contributed by atoms with E-state index < -0.39 is 0 Å². The highest BCUT2D eigenvalue weighted by Crippen LogP contribution is 2.03. The smallest absolute Gasteiger partial charge is 0.243 e. The van der Waals surface area contributed by atoms with Crippen molar-refractivity contribution in [2.45, 2.75) is 19.9 Å². The van der Waals surface area contributed by atoms with E-state index in [1.54, 1.807) is 19.0 Å². The number of carbonyl (C=O) groups excluding carboxylic acids is 1. The highest BCUT2D eigenvalue weighted by molar-refractivity contribution is 5.84. The van der Waals surface area contributed by atoms with Gasteiger partial charge >= 0.3 is 0 Å². The number of rotatable bonds is 6. The van der Waals surface area contributed by atoms with Crippen LogP contribution in [0.25, 0.3) is 0 Å². The van der Waals surface area contributed by atoms with E-state index in [-0.39, 0.29) is 12.5 Å². The molecule has 1 heterocycles. The normalized spacial score (nSPS) is 11.4. The van der Waals surface area contributed by atoms with Gasteiger partial charge in [-0.2, -0.15) is 0 Å². The van der Waals surface area contributed by atoms with Gasteiger partial charge in [-0.3, -0.25) is 4.79 Å². The summed E-state index contributed by atoms with van der Waals surface area (Å²) >= 11 is 0. The summed E-state index contributed by atoms with van der Waals surface area (Å²) in [5.74, 6) is 0.756. The summed E-state index contributed by atoms with van der Waals surface area (Å²) in [6.45, 7) is 3.85. The molecule has 1 N–H and O–H groups in total. The zero-order valence-corrected chi connectivity index (χ0v) is 13.8. The summed E-state index contributed by atoms with van der Waals surface area (Å²) in [6.07, 6.45) is 3.04. The predicted molar refractivity (Wildman–Crippen MR) is 86.2 cm³/mol. The maximum Gasteiger partial charge on any atom is 0.243 e. The molecule has 21 heavy (non-hydrogen) atoms. The van der Waals surface area contributed by atoms with Crippen molar-refractivity contribution in [1.82, 2.24) is 19.7 Å². The number of likely N-dealkylation sites (N-methyl/N-ethyl adjacent to an activating group) is 1. The number of aliphatic imine (C=N–C) groups is 1. The number of nitrogens with zero attached hydrogens (tertiary/aromatic N) is 4. The van der Waals surface area contributed by atoms with Crippen molar-refractivity contribution in [3.05, 3.63) is 24.0 Å². The molecule has 0 fully saturated rings. The summed E-state index contributed by atoms with van der Waals surface area (Å²) in [5, 5.41) is 3.29. The second-order valence-electron chi connectivity index (χ2n) is 5.32. The molecule has 1 amide bonds. The number of aromatic nitrogens is 1. The third-order valence-electron chi connectivity index (χ3n) is 3.21. The fraction of sp³-hybridized carbons (Fsp3) is 0.600. The first-order chi connectivity index (χ1) is 9.95. The van der Waals surface area contributed by atoms with E-state index in [1.807, 2.05) is 31.3 Å². The molecule has 0 aliphatic carbocycles. The Kier molecular flexibility index (Phi) is 6.78. The van der Waals surface area contributed by atoms with Crippen LogP contribution in [0, 0.1) is 0 Å². The first kappa shape index (κ1) is 17.1. The van der Waals surface area contributed by atoms with E-state index in [0.29, 0.717) is 0 Å². The molecule has 0 saturated heterocycles. The van der Waals surface area contributed by atoms with Gasteiger partial charge in [0.2, 0.25) is 5.91 Å². The van der Waals surface area contributed by atoms with Crippen molar-refractivity contribution in [2.24, 2.45) is 12.0 Å². The molecule has 0 unspecified atom stereocenters. The second kappa shape index (κ2) is 8.34. The van der Waals surface area contributed by atoms with Gasteiger partial charge in [0.15, 0.2) is 5.96 Å². The Morgan fingerprint density at radius 2 is 2.10 bits per heavy atom. The predicted octanol–water partition coefficient (Wildman–Crippen LogP) is 0.901. The minimum absolute atomic E-state index is 0.00179. The van der Waals surface area contributed by atoms with Crippen molar-refractivity contribution in [3.8, 4) is 0 Å². The van der Waals surface area contributed by atoms with Crippen LogP contribution in [-0.4, -0.2) is 60.5 Å². The zero-order valence-electron chi connectivity index (χ0n) is 13.8. The third kappa shape index (κ3) is 5.49. The Morgan fingerprint density at radius 1 is 1.38 bits per heavy atom. The summed E-state index contributed by atoms with van der Waals surface area (Å²) in [7, 11) is 7.49. The van der Waals surface area contributed by atoms with Gasteiger partial charge in [-0.25, -0.2) is 4.99 Å². The van der Waals surface area contributed by atoms with Gasteiger partial charge in [-0.05, 0) is 18.6 Å². The molecule has 6 heteroatoms. The van der Waals surface area contributed by atoms with Crippen molar-refractivity contribution >= 4 is 11.9 Å². The van der Waals surface area contributed by atoms with Gasteiger partial charge in [0, 0.05) is 46.6 Å². The first-order valence-corrected chi connectivity index (χ1v) is 7.25. The van der Waals surface area contributed by atoms with E-state index in [0.717, 1.165) is 25.5 Å². The largest absolute Gasteiger partial charge is 0.356 e. The van der Waals surface area contributed by atoms with Crippen LogP contribution in [-0.2, 0) is 18.4 Å². The Labute approximate surface area is 127 Å². The summed E-state index contributed by atoms with van der Waals surface area (Å²) in [4.78, 5) is 19.7. The highest BCUT2D eigenvalue weighted by atomic mass is 16.2. The lowest BCUT2D eigenvalue weighted by Gasteiger charge is -2.23. The maximum atomic E-state index is 11.7. The zero-order chi connectivity index (χ0) is 15.8. The minimum atomic E-state index is -0.00179. The molecule has 1 aromatic heterocycles. The van der Waals surface area contributed by atoms with Crippen LogP contribution in [0.15, 0.2) is 23.3 Å². The standard InChI is InChI=1S/C15H27N5O/c1-6-9-16-15(17-11-14(21)18(2)3)20(5)12-13-8-7-10-19(13)4/h7-8,10H,6,9,11-12H2,1-5H3,(H,16,17). The van der Waals surface area contributed by atoms with Crippen molar-refractivity contribution < 1.29 is 4.79 Å². The first-order valence-electron chi connectivity index (χ1n) is 7.25. The molecule has 0 spiro atoms. The summed E-state index contributed by atoms with van der Waals surface area (Å²) < 4.78 is 2.08. The highest BCUT2D eigenvalue weighted by Gasteiger charge is 2.10. The molecule has 0 saturated carbocycles. The van der Waals surface area contributed by atoms with Crippen molar-refractivity contribution in [3.63, 3.8) is 0 Å². The fourth-order valence-corrected chi connectivity index (χ4v) is 1.81. The van der Waals surface area contributed by atoms with Gasteiger partial charge in [0.25, 0.3) is 0 Å². The Morgan fingerprint density at radius 3 is 2.62 bits per heavy atom. The van der Waals surface area contributed by atoms with Crippen LogP contribution in [0.2, 0.25) is 0 Å². The molecule has 6 nitrogen and oxygen atoms in total. The van der Waals surface area contributed by atoms with Crippen LogP contribution in [0.3, 0.4) is 0 Å². The van der Waals surface area contributed by atoms with E-state index in [2.05, 4.69) is 27.9 Å². The number of carbonyl (C=O) groups is 1. The van der Waals surface area contributed by atoms with Gasteiger partial charge < -0.3 is 19.7 Å². The monoisotopic (exact) mass is 293 g/mol. The molecular formula is C15H27N5O. The van der Waals surface area contributed by atoms with E-state index in [9.17, 15) is 4.79 Å². The van der Waals surface area contributed by atoms with Crippen LogP contribution >= 0.6 is 0 Å². The lowest BCUT2D eigenvalue weighted by Crippen LogP contribution is -2.40. The number of nitrogens with one attached hydrogen (secondary N) is 1. The summed E-state index contributed by atoms with van der Waals surface area (Å²) in [6, 6.07) is 4.11. The molecular weight excluding hydrogens is 266 g/mol. The lowest BCUT2D eigenvalue weighted by atomic mass is 10.4. The number of amides is 1. The van der Waals surface area contributed by atoms with Crippen LogP contribution in [0.4, 0.5) is 0 Å². The van der Waals surface area contributed by atoms with Crippen LogP contribution in [0.5, 0.6) is 0 Å². The SMILES string of the molecule is CCCNC(=NCC(=O)N(C)C)N(C)Cc1cccn1C. The van der Waals surface area contributed by atoms with Gasteiger partial charge in [0.05, 0.1) is 6.54 Å². The average Bonchev–Trinajstić information content (AvgIpc) is 2.83. The topological polar surface area (TPSA) is 52.9 Å². The van der Waals surface area contributed by atoms with E-state index in [1.165, 1.54) is 5.69 Å². The molecule has 0 aromatic carbocycles. The number of hydrogen-bond donors (Lipinski definition) is 1. The number of hydrogen-bond acceptors (Lipinski definition) is 2. The molecule has 1 aromatic rings. The average molecular weight is 293 g/mol. The van der Waals surface area contributed by atoms with Crippen molar-refractivity contribution in [1.29, 1.82) is 0 Å². The van der Waals surface area contributed by atoms with Gasteiger partial charge in [-0.1, -0.05) is 6.92 Å². The van der Waals surface area contributed by atoms with Crippen molar-refractivity contribution in [2.75, 3.05) is 34.2 Å². The molecule has 0 radical (unpaired) electrons. The Hall–Kier alpha value is -1.98. The molecule has 0 atom stereocenters. The molecule has 0 bridgehead atoms. The van der Waals surface area contributed by atoms with Gasteiger partial charge in [-0.15, -0.1) is 0 Å². The number of aryl methyl sites for hydroxylation is 1. The maximum absolute atomic E-state index is 11.7. The lowest BCUT2D eigenvalue weighted by molar-refractivity contribution is -0.127. The van der Waals surface area contributed by atoms with Gasteiger partial charge in [0.1, 0.15) is 6.54 Å². The molecule has 0 aliphatic heterocycles. The summed E-state index contributed by atoms with van der Waals surface area (Å²) in [5.41, 5.74) is 1.20. The van der Waals surface area contributed by atoms with Crippen LogP contribution in [0.1, 0.15) is 19.0 Å². The number of guanidine groups is 1. The third-order valence-corrected chi connectivity index (χ3v) is 3.21. The Bertz CT molecular complexity index is 478. The minimum Gasteiger partial charge on any atom is -0.356 e. The molecule has 1 rings (SSSR count). The molecule has 118 valence electrons. The quantitative estimate of drug-likeness (QED) is 0.626. The van der Waals surface area contributed by atoms with E-state index >= 15 is 0 Å². The fourth-order valence-electron chi connectivity index (χ4n) is 1.81. The second-order valence-corrected chi connectivity index (χ2v) is 5.32. The Balaban J connectivity index is 2.73. The van der Waals surface area contributed by atoms with Crippen LogP contribution < -0.4 is 5.32 Å². The van der Waals surface area contributed by atoms with E-state index in [4.69, 9.17) is 0 Å². The molecule has 0 aliphatic rings.